The fraction of sp³-hybridized carbons (Fsp3) is 0.382. The standard InChI is InChI=1S/C34H38N6O3/c1-38(2)30-10-7-26(8-11-30)32(41)27-13-19-40(20-14-27)34(43)31-12-9-28(22-36-31)33(42)37-29-15-17-39(18-16-29)23-25-5-3-24(21-35)4-6-25/h3-12,22,27,29H,13-20,23H2,1-2H3,(H,37,42). The fourth-order valence-corrected chi connectivity index (χ4v) is 5.77. The molecule has 0 aliphatic carbocycles. The fourth-order valence-electron chi connectivity index (χ4n) is 5.77. The van der Waals surface area contributed by atoms with E-state index < -0.39 is 0 Å². The van der Waals surface area contributed by atoms with E-state index in [1.165, 1.54) is 11.8 Å². The van der Waals surface area contributed by atoms with Crippen molar-refractivity contribution in [3.63, 3.8) is 0 Å². The number of hydrogen-bond acceptors (Lipinski definition) is 7. The first-order valence-corrected chi connectivity index (χ1v) is 14.9. The van der Waals surface area contributed by atoms with Crippen molar-refractivity contribution in [2.75, 3.05) is 45.2 Å². The van der Waals surface area contributed by atoms with Crippen LogP contribution in [0, 0.1) is 17.2 Å². The molecule has 0 spiro atoms. The van der Waals surface area contributed by atoms with Crippen LogP contribution in [0.1, 0.15) is 68.0 Å². The maximum absolute atomic E-state index is 13.1. The quantitative estimate of drug-likeness (QED) is 0.400. The monoisotopic (exact) mass is 578 g/mol. The second-order valence-corrected chi connectivity index (χ2v) is 11.6. The summed E-state index contributed by atoms with van der Waals surface area (Å²) in [4.78, 5) is 49.4. The lowest BCUT2D eigenvalue weighted by Crippen LogP contribution is -2.44. The number of nitriles is 1. The number of piperidine rings is 2. The normalized spacial score (nSPS) is 16.3. The number of aromatic nitrogens is 1. The van der Waals surface area contributed by atoms with Gasteiger partial charge in [-0.2, -0.15) is 5.26 Å². The second-order valence-electron chi connectivity index (χ2n) is 11.6. The molecule has 3 heterocycles. The van der Waals surface area contributed by atoms with E-state index in [0.29, 0.717) is 48.3 Å². The minimum absolute atomic E-state index is 0.0842. The van der Waals surface area contributed by atoms with E-state index >= 15 is 0 Å². The van der Waals surface area contributed by atoms with E-state index in [0.717, 1.165) is 38.2 Å². The molecule has 1 aromatic heterocycles. The van der Waals surface area contributed by atoms with Crippen molar-refractivity contribution in [1.29, 1.82) is 5.26 Å². The zero-order valence-corrected chi connectivity index (χ0v) is 24.8. The van der Waals surface area contributed by atoms with Crippen LogP contribution in [0.4, 0.5) is 5.69 Å². The molecular weight excluding hydrogens is 540 g/mol. The smallest absolute Gasteiger partial charge is 0.272 e. The minimum atomic E-state index is -0.185. The molecule has 0 saturated carbocycles. The first-order valence-electron chi connectivity index (χ1n) is 14.9. The summed E-state index contributed by atoms with van der Waals surface area (Å²) < 4.78 is 0. The van der Waals surface area contributed by atoms with E-state index in [2.05, 4.69) is 21.3 Å². The summed E-state index contributed by atoms with van der Waals surface area (Å²) in [6.07, 6.45) is 4.41. The Kier molecular flexibility index (Phi) is 9.48. The molecule has 2 saturated heterocycles. The predicted molar refractivity (Wildman–Crippen MR) is 165 cm³/mol. The number of ketones is 1. The van der Waals surface area contributed by atoms with Crippen LogP contribution in [0.5, 0.6) is 0 Å². The lowest BCUT2D eigenvalue weighted by atomic mass is 9.88. The van der Waals surface area contributed by atoms with Gasteiger partial charge in [-0.15, -0.1) is 0 Å². The molecule has 5 rings (SSSR count). The number of benzene rings is 2. The number of amides is 2. The molecule has 2 aliphatic heterocycles. The zero-order chi connectivity index (χ0) is 30.3. The summed E-state index contributed by atoms with van der Waals surface area (Å²) >= 11 is 0. The van der Waals surface area contributed by atoms with Gasteiger partial charge in [0.15, 0.2) is 5.78 Å². The molecule has 0 radical (unpaired) electrons. The van der Waals surface area contributed by atoms with Crippen molar-refractivity contribution in [2.45, 2.75) is 38.3 Å². The minimum Gasteiger partial charge on any atom is -0.378 e. The molecule has 2 fully saturated rings. The highest BCUT2D eigenvalue weighted by Crippen LogP contribution is 2.24. The summed E-state index contributed by atoms with van der Waals surface area (Å²) in [5.74, 6) is -0.336. The Hall–Kier alpha value is -4.55. The molecule has 2 aromatic carbocycles. The largest absolute Gasteiger partial charge is 0.378 e. The van der Waals surface area contributed by atoms with Crippen LogP contribution in [0.3, 0.4) is 0 Å². The first-order chi connectivity index (χ1) is 20.8. The molecule has 0 unspecified atom stereocenters. The average Bonchev–Trinajstić information content (AvgIpc) is 3.05. The van der Waals surface area contributed by atoms with Gasteiger partial charge in [-0.3, -0.25) is 24.3 Å². The topological polar surface area (TPSA) is 110 Å². The van der Waals surface area contributed by atoms with E-state index in [4.69, 9.17) is 5.26 Å². The van der Waals surface area contributed by atoms with Crippen molar-refractivity contribution in [3.05, 3.63) is 94.8 Å². The van der Waals surface area contributed by atoms with Crippen molar-refractivity contribution < 1.29 is 14.4 Å². The molecular formula is C34H38N6O3. The molecule has 0 bridgehead atoms. The molecule has 0 atom stereocenters. The number of anilines is 1. The van der Waals surface area contributed by atoms with E-state index in [9.17, 15) is 14.4 Å². The summed E-state index contributed by atoms with van der Waals surface area (Å²) in [6.45, 7) is 3.57. The molecule has 3 aromatic rings. The highest BCUT2D eigenvalue weighted by molar-refractivity contribution is 5.99. The van der Waals surface area contributed by atoms with Crippen LogP contribution < -0.4 is 10.2 Å². The third-order valence-corrected chi connectivity index (χ3v) is 8.48. The van der Waals surface area contributed by atoms with Gasteiger partial charge in [-0.25, -0.2) is 0 Å². The SMILES string of the molecule is CN(C)c1ccc(C(=O)C2CCN(C(=O)c3ccc(C(=O)NC4CCN(Cc5ccc(C#N)cc5)CC4)cn3)CC2)cc1. The maximum atomic E-state index is 13.1. The highest BCUT2D eigenvalue weighted by Gasteiger charge is 2.29. The first kappa shape index (κ1) is 29.9. The lowest BCUT2D eigenvalue weighted by molar-refractivity contribution is 0.0645. The van der Waals surface area contributed by atoms with Crippen LogP contribution >= 0.6 is 0 Å². The molecule has 2 amide bonds. The van der Waals surface area contributed by atoms with Crippen molar-refractivity contribution >= 4 is 23.3 Å². The van der Waals surface area contributed by atoms with Crippen LogP contribution in [-0.4, -0.2) is 78.7 Å². The van der Waals surface area contributed by atoms with Gasteiger partial charge in [0, 0.05) is 76.2 Å². The molecule has 1 N–H and O–H groups in total. The molecule has 43 heavy (non-hydrogen) atoms. The van der Waals surface area contributed by atoms with Gasteiger partial charge >= 0.3 is 0 Å². The van der Waals surface area contributed by atoms with Gasteiger partial charge < -0.3 is 15.1 Å². The number of nitrogens with zero attached hydrogens (tertiary/aromatic N) is 5. The summed E-state index contributed by atoms with van der Waals surface area (Å²) in [6, 6.07) is 20.8. The Morgan fingerprint density at radius 1 is 0.884 bits per heavy atom. The van der Waals surface area contributed by atoms with Crippen molar-refractivity contribution in [2.24, 2.45) is 5.92 Å². The van der Waals surface area contributed by atoms with E-state index in [1.807, 2.05) is 67.5 Å². The number of pyridine rings is 1. The number of rotatable bonds is 8. The van der Waals surface area contributed by atoms with E-state index in [1.54, 1.807) is 17.0 Å². The van der Waals surface area contributed by atoms with Gasteiger partial charge in [-0.1, -0.05) is 12.1 Å². The summed E-state index contributed by atoms with van der Waals surface area (Å²) in [5, 5.41) is 12.1. The molecule has 2 aliphatic rings. The number of hydrogen-bond donors (Lipinski definition) is 1. The highest BCUT2D eigenvalue weighted by atomic mass is 16.2. The Balaban J connectivity index is 1.06. The third-order valence-electron chi connectivity index (χ3n) is 8.48. The van der Waals surface area contributed by atoms with Gasteiger partial charge in [0.05, 0.1) is 17.2 Å². The maximum Gasteiger partial charge on any atom is 0.272 e. The Bertz CT molecular complexity index is 1460. The second kappa shape index (κ2) is 13.6. The van der Waals surface area contributed by atoms with E-state index in [-0.39, 0.29) is 29.6 Å². The van der Waals surface area contributed by atoms with Crippen molar-refractivity contribution in [1.82, 2.24) is 20.1 Å². The van der Waals surface area contributed by atoms with Crippen LogP contribution in [0.2, 0.25) is 0 Å². The van der Waals surface area contributed by atoms with Gasteiger partial charge in [0.25, 0.3) is 11.8 Å². The Morgan fingerprint density at radius 3 is 2.12 bits per heavy atom. The number of Topliss-reactive ketones (excluding diaryl/α,β-unsaturated/α-hetero) is 1. The third kappa shape index (κ3) is 7.46. The van der Waals surface area contributed by atoms with Crippen LogP contribution in [0.15, 0.2) is 66.9 Å². The van der Waals surface area contributed by atoms with Crippen molar-refractivity contribution in [3.8, 4) is 6.07 Å². The lowest BCUT2D eigenvalue weighted by Gasteiger charge is -2.32. The number of nitrogens with one attached hydrogen (secondary N) is 1. The van der Waals surface area contributed by atoms with Gasteiger partial charge in [-0.05, 0) is 79.8 Å². The molecule has 9 heteroatoms. The Labute approximate surface area is 253 Å². The van der Waals surface area contributed by atoms with Gasteiger partial charge in [0.1, 0.15) is 5.69 Å². The number of carbonyl (C=O) groups excluding carboxylic acids is 3. The Morgan fingerprint density at radius 2 is 1.53 bits per heavy atom. The van der Waals surface area contributed by atoms with Crippen LogP contribution in [0.25, 0.3) is 0 Å². The van der Waals surface area contributed by atoms with Crippen LogP contribution in [-0.2, 0) is 6.54 Å². The summed E-state index contributed by atoms with van der Waals surface area (Å²) in [5.41, 5.74) is 4.32. The number of likely N-dealkylation sites (tertiary alicyclic amines) is 2. The van der Waals surface area contributed by atoms with Gasteiger partial charge in [0.2, 0.25) is 0 Å². The predicted octanol–water partition coefficient (Wildman–Crippen LogP) is 4.15. The molecule has 222 valence electrons. The summed E-state index contributed by atoms with van der Waals surface area (Å²) in [7, 11) is 3.93. The average molecular weight is 579 g/mol. The zero-order valence-electron chi connectivity index (χ0n) is 24.8. The molecule has 9 nitrogen and oxygen atoms in total. The number of carbonyl (C=O) groups is 3.